The monoisotopic (exact) mass is 1160 g/mol. The van der Waals surface area contributed by atoms with Crippen molar-refractivity contribution in [1.29, 1.82) is 0 Å². The van der Waals surface area contributed by atoms with Gasteiger partial charge in [-0.3, -0.25) is 4.57 Å². The number of hydrogen-bond donors (Lipinski definition) is 0. The minimum absolute atomic E-state index is 0.0397. The van der Waals surface area contributed by atoms with Crippen molar-refractivity contribution in [2.45, 2.75) is 0 Å². The molecule has 6 heteroatoms. The Labute approximate surface area is 528 Å². The average molecular weight is 1160 g/mol. The molecule has 4 nitrogen and oxygen atoms in total. The van der Waals surface area contributed by atoms with Gasteiger partial charge in [0.05, 0.1) is 28.9 Å². The zero-order chi connectivity index (χ0) is 69.3. The fourth-order valence-corrected chi connectivity index (χ4v) is 21.8. The molecule has 0 amide bonds. The van der Waals surface area contributed by atoms with Crippen LogP contribution in [0.15, 0.2) is 352 Å². The van der Waals surface area contributed by atoms with Crippen molar-refractivity contribution in [2.24, 2.45) is 0 Å². The standard InChI is InChI=1S/C81H58N4Si2/c1-8-29-59(30-9-1)62-35-26-38-65(53-62)79-82-80(84-81(83-79)85-77-51-24-22-49-75(77)76-50-23-25-52-78(76)85)66-56-73(86(67-39-14-4-15-40-67,68-41-16-5-17-42-68)71-47-27-36-63(54-71)60-31-10-2-11-32-60)58-74(57-66)87(69-43-18-6-19-44-69,70-45-20-7-21-46-70)72-48-28-37-64(55-72)61-33-12-3-13-34-61/h1-58H/i2D,3D,10D,11D,12D,13D,31D,32D,33D,34D,56D,57D,58D. The molecule has 410 valence electrons. The zero-order valence-corrected chi connectivity index (χ0v) is 48.8. The van der Waals surface area contributed by atoms with Crippen LogP contribution in [-0.2, 0) is 0 Å². The van der Waals surface area contributed by atoms with E-state index in [9.17, 15) is 9.60 Å². The number of aromatic nitrogens is 4. The van der Waals surface area contributed by atoms with E-state index in [1.807, 2.05) is 253 Å². The molecule has 0 unspecified atom stereocenters. The van der Waals surface area contributed by atoms with Gasteiger partial charge < -0.3 is 0 Å². The highest BCUT2D eigenvalue weighted by Gasteiger charge is 2.46. The third-order valence-corrected chi connectivity index (χ3v) is 25.5. The molecule has 0 aliphatic carbocycles. The minimum Gasteiger partial charge on any atom is -0.278 e. The van der Waals surface area contributed by atoms with Crippen LogP contribution in [0.3, 0.4) is 0 Å². The molecular weight excluding hydrogens is 1090 g/mol. The summed E-state index contributed by atoms with van der Waals surface area (Å²) in [5.74, 6) is 0.345. The Kier molecular flexibility index (Phi) is 10.6. The van der Waals surface area contributed by atoms with Crippen molar-refractivity contribution in [3.05, 3.63) is 352 Å². The molecular formula is C81H58N4Si2. The summed E-state index contributed by atoms with van der Waals surface area (Å²) < 4.78 is 127. The average Bonchev–Trinajstić information content (AvgIpc) is 0.806. The van der Waals surface area contributed by atoms with E-state index in [0.717, 1.165) is 32.9 Å². The quantitative estimate of drug-likeness (QED) is 0.0805. The Balaban J connectivity index is 1.17. The first kappa shape index (κ1) is 40.4. The Morgan fingerprint density at radius 2 is 0.598 bits per heavy atom. The van der Waals surface area contributed by atoms with Crippen molar-refractivity contribution >= 4 is 79.4 Å². The van der Waals surface area contributed by atoms with Crippen LogP contribution in [0.25, 0.3) is 83.9 Å². The molecule has 0 aliphatic heterocycles. The second-order valence-corrected chi connectivity index (χ2v) is 28.7. The minimum atomic E-state index is -4.46. The van der Waals surface area contributed by atoms with E-state index >= 15 is 0 Å². The third kappa shape index (κ3) is 9.54. The van der Waals surface area contributed by atoms with Crippen molar-refractivity contribution in [2.75, 3.05) is 0 Å². The van der Waals surface area contributed by atoms with Crippen LogP contribution < -0.4 is 41.5 Å². The van der Waals surface area contributed by atoms with Gasteiger partial charge in [-0.1, -0.05) is 333 Å². The molecule has 0 radical (unpaired) electrons. The summed E-state index contributed by atoms with van der Waals surface area (Å²) in [6, 6.07) is 81.5. The maximum atomic E-state index is 11.9. The third-order valence-electron chi connectivity index (χ3n) is 16.4. The van der Waals surface area contributed by atoms with E-state index < -0.39 is 76.6 Å². The van der Waals surface area contributed by atoms with E-state index in [-0.39, 0.29) is 62.8 Å². The number of para-hydroxylation sites is 2. The molecule has 0 N–H and O–H groups in total. The van der Waals surface area contributed by atoms with Crippen LogP contribution in [0.1, 0.15) is 17.8 Å². The molecule has 13 aromatic carbocycles. The Morgan fingerprint density at radius 1 is 0.253 bits per heavy atom. The fourth-order valence-electron chi connectivity index (χ4n) is 12.5. The van der Waals surface area contributed by atoms with Crippen molar-refractivity contribution in [3.63, 3.8) is 0 Å². The first-order valence-corrected chi connectivity index (χ1v) is 32.7. The fraction of sp³-hybridized carbons (Fsp3) is 0. The van der Waals surface area contributed by atoms with E-state index in [0.29, 0.717) is 47.8 Å². The molecule has 0 aliphatic rings. The summed E-state index contributed by atoms with van der Waals surface area (Å²) in [6.07, 6.45) is 0. The second kappa shape index (κ2) is 22.9. The highest BCUT2D eigenvalue weighted by atomic mass is 28.3. The Morgan fingerprint density at radius 3 is 1.05 bits per heavy atom. The summed E-state index contributed by atoms with van der Waals surface area (Å²) in [5.41, 5.74) is 4.46. The normalized spacial score (nSPS) is 13.8. The number of fused-ring (bicyclic) bond motifs is 3. The highest BCUT2D eigenvalue weighted by molar-refractivity contribution is 7.22. The summed E-state index contributed by atoms with van der Waals surface area (Å²) in [4.78, 5) is 16.5. The molecule has 15 rings (SSSR count). The van der Waals surface area contributed by atoms with E-state index in [4.69, 9.17) is 23.2 Å². The lowest BCUT2D eigenvalue weighted by atomic mass is 10.0. The molecule has 0 spiro atoms. The van der Waals surface area contributed by atoms with Crippen LogP contribution in [0.2, 0.25) is 0 Å². The van der Waals surface area contributed by atoms with Crippen LogP contribution in [0, 0.1) is 0 Å². The highest BCUT2D eigenvalue weighted by Crippen LogP contribution is 2.34. The maximum Gasteiger partial charge on any atom is 0.238 e. The number of nitrogens with zero attached hydrogens (tertiary/aromatic N) is 4. The van der Waals surface area contributed by atoms with Gasteiger partial charge in [-0.05, 0) is 93.1 Å². The Hall–Kier alpha value is -10.9. The van der Waals surface area contributed by atoms with Gasteiger partial charge in [0.1, 0.15) is 0 Å². The number of rotatable bonds is 14. The number of benzene rings is 13. The van der Waals surface area contributed by atoms with Crippen molar-refractivity contribution in [1.82, 2.24) is 19.5 Å². The largest absolute Gasteiger partial charge is 0.278 e. The maximum absolute atomic E-state index is 11.9. The van der Waals surface area contributed by atoms with Gasteiger partial charge in [0, 0.05) is 21.9 Å². The van der Waals surface area contributed by atoms with Crippen LogP contribution >= 0.6 is 0 Å². The molecule has 0 saturated carbocycles. The summed E-state index contributed by atoms with van der Waals surface area (Å²) >= 11 is 0. The summed E-state index contributed by atoms with van der Waals surface area (Å²) in [7, 11) is -8.92. The lowest BCUT2D eigenvalue weighted by molar-refractivity contribution is 0.953. The van der Waals surface area contributed by atoms with Crippen LogP contribution in [0.5, 0.6) is 0 Å². The van der Waals surface area contributed by atoms with Crippen LogP contribution in [0.4, 0.5) is 0 Å². The van der Waals surface area contributed by atoms with Crippen molar-refractivity contribution in [3.8, 4) is 62.1 Å². The van der Waals surface area contributed by atoms with Gasteiger partial charge in [0.15, 0.2) is 27.8 Å². The molecule has 87 heavy (non-hydrogen) atoms. The van der Waals surface area contributed by atoms with E-state index in [1.165, 1.54) is 0 Å². The molecule has 0 saturated heterocycles. The SMILES string of the molecule is [2H]c1c([2H])c([2H])c(-c2cccc([Si](c3ccccc3)(c3ccccc3)c3c([2H])c(-c4nc(-c5cccc(-c6ccccc6)c5)nc(-n5c6ccccc6c6ccccc65)n4)c([2H])c([Si](c4ccccc4)(c4ccccc4)c4cccc(-c5c([2H])c([2H])c([2H])c([2H])c5[2H])c4)c3[2H])c2)c([2H])c1[2H]. The predicted octanol–water partition coefficient (Wildman–Crippen LogP) is 14.1. The van der Waals surface area contributed by atoms with Gasteiger partial charge in [-0.25, -0.2) is 4.98 Å². The van der Waals surface area contributed by atoms with E-state index in [2.05, 4.69) is 0 Å². The van der Waals surface area contributed by atoms with Gasteiger partial charge in [-0.2, -0.15) is 9.97 Å². The van der Waals surface area contributed by atoms with Gasteiger partial charge >= 0.3 is 0 Å². The second-order valence-electron chi connectivity index (χ2n) is 21.2. The molecule has 0 atom stereocenters. The Bertz CT molecular complexity index is 5320. The lowest BCUT2D eigenvalue weighted by Crippen LogP contribution is -2.78. The molecule has 2 heterocycles. The first-order valence-electron chi connectivity index (χ1n) is 35.2. The van der Waals surface area contributed by atoms with Gasteiger partial charge in [0.25, 0.3) is 0 Å². The van der Waals surface area contributed by atoms with Crippen LogP contribution in [-0.4, -0.2) is 35.7 Å². The number of hydrogen-bond acceptors (Lipinski definition) is 3. The molecule has 2 aromatic heterocycles. The first-order chi connectivity index (χ1) is 48.5. The van der Waals surface area contributed by atoms with Gasteiger partial charge in [0.2, 0.25) is 5.95 Å². The topological polar surface area (TPSA) is 43.6 Å². The van der Waals surface area contributed by atoms with E-state index in [1.54, 1.807) is 24.3 Å². The zero-order valence-electron chi connectivity index (χ0n) is 59.8. The molecule has 15 aromatic rings. The summed E-state index contributed by atoms with van der Waals surface area (Å²) in [5, 5.41) is 6.22. The predicted molar refractivity (Wildman–Crippen MR) is 369 cm³/mol. The molecule has 0 bridgehead atoms. The van der Waals surface area contributed by atoms with Gasteiger partial charge in [-0.15, -0.1) is 0 Å². The lowest BCUT2D eigenvalue weighted by Gasteiger charge is -2.38. The smallest absolute Gasteiger partial charge is 0.238 e. The molecule has 0 fully saturated rings. The van der Waals surface area contributed by atoms with Crippen molar-refractivity contribution < 1.29 is 17.8 Å². The summed E-state index contributed by atoms with van der Waals surface area (Å²) in [6.45, 7) is 0.